The third-order valence-corrected chi connectivity index (χ3v) is 5.39. The van der Waals surface area contributed by atoms with Crippen LogP contribution >= 0.6 is 0 Å². The monoisotopic (exact) mass is 374 g/mol. The summed E-state index contributed by atoms with van der Waals surface area (Å²) in [6, 6.07) is 6.18. The van der Waals surface area contributed by atoms with E-state index in [9.17, 15) is 19.5 Å². The van der Waals surface area contributed by atoms with E-state index in [4.69, 9.17) is 0 Å². The third-order valence-electron chi connectivity index (χ3n) is 5.39. The minimum atomic E-state index is -1.06. The molecule has 0 radical (unpaired) electrons. The van der Waals surface area contributed by atoms with Gasteiger partial charge in [-0.2, -0.15) is 0 Å². The maximum Gasteiger partial charge on any atom is 0.326 e. The molecule has 1 aromatic rings. The zero-order valence-electron chi connectivity index (χ0n) is 16.2. The predicted molar refractivity (Wildman–Crippen MR) is 104 cm³/mol. The average molecular weight is 374 g/mol. The summed E-state index contributed by atoms with van der Waals surface area (Å²) < 4.78 is 0. The molecule has 1 aliphatic carbocycles. The van der Waals surface area contributed by atoms with E-state index in [2.05, 4.69) is 10.6 Å². The third kappa shape index (κ3) is 6.38. The number of anilines is 1. The maximum absolute atomic E-state index is 12.5. The molecule has 0 saturated heterocycles. The summed E-state index contributed by atoms with van der Waals surface area (Å²) in [7, 11) is 0. The lowest BCUT2D eigenvalue weighted by Gasteiger charge is -2.26. The van der Waals surface area contributed by atoms with Gasteiger partial charge in [-0.15, -0.1) is 0 Å². The van der Waals surface area contributed by atoms with E-state index in [0.717, 1.165) is 18.4 Å². The van der Waals surface area contributed by atoms with Crippen molar-refractivity contribution in [1.29, 1.82) is 0 Å². The topological polar surface area (TPSA) is 95.5 Å². The van der Waals surface area contributed by atoms with E-state index in [1.54, 1.807) is 31.2 Å². The number of carboxylic acid groups (broad SMARTS) is 1. The molecule has 1 fully saturated rings. The summed E-state index contributed by atoms with van der Waals surface area (Å²) in [6.07, 6.45) is 6.36. The van der Waals surface area contributed by atoms with Gasteiger partial charge >= 0.3 is 5.97 Å². The molecular weight excluding hydrogens is 344 g/mol. The number of benzene rings is 1. The Kier molecular flexibility index (Phi) is 7.82. The first-order valence-corrected chi connectivity index (χ1v) is 9.82. The summed E-state index contributed by atoms with van der Waals surface area (Å²) in [5.74, 6) is -0.867. The van der Waals surface area contributed by atoms with E-state index in [0.29, 0.717) is 11.6 Å². The Morgan fingerprint density at radius 2 is 1.74 bits per heavy atom. The number of nitrogens with one attached hydrogen (secondary N) is 2. The van der Waals surface area contributed by atoms with Gasteiger partial charge in [-0.3, -0.25) is 9.59 Å². The Hall–Kier alpha value is -2.37. The number of carboxylic acids is 1. The van der Waals surface area contributed by atoms with E-state index < -0.39 is 12.0 Å². The number of hydrogen-bond acceptors (Lipinski definition) is 3. The van der Waals surface area contributed by atoms with Gasteiger partial charge in [-0.25, -0.2) is 4.79 Å². The largest absolute Gasteiger partial charge is 0.480 e. The van der Waals surface area contributed by atoms with Gasteiger partial charge in [0.05, 0.1) is 0 Å². The van der Waals surface area contributed by atoms with Crippen molar-refractivity contribution in [3.63, 3.8) is 0 Å². The summed E-state index contributed by atoms with van der Waals surface area (Å²) in [5, 5.41) is 14.7. The number of amides is 2. The van der Waals surface area contributed by atoms with Crippen molar-refractivity contribution in [2.45, 2.75) is 64.8 Å². The summed E-state index contributed by atoms with van der Waals surface area (Å²) >= 11 is 0. The van der Waals surface area contributed by atoms with Gasteiger partial charge in [0.1, 0.15) is 6.04 Å². The molecule has 0 unspecified atom stereocenters. The highest BCUT2D eigenvalue weighted by molar-refractivity contribution is 5.92. The molecule has 0 bridgehead atoms. The van der Waals surface area contributed by atoms with E-state index in [-0.39, 0.29) is 30.6 Å². The van der Waals surface area contributed by atoms with Crippen LogP contribution in [0.3, 0.4) is 0 Å². The molecule has 1 saturated carbocycles. The molecule has 0 heterocycles. The van der Waals surface area contributed by atoms with Crippen LogP contribution in [0.25, 0.3) is 0 Å². The number of rotatable bonds is 8. The quantitative estimate of drug-likeness (QED) is 0.650. The van der Waals surface area contributed by atoms with Gasteiger partial charge in [0.15, 0.2) is 0 Å². The molecule has 2 amide bonds. The molecule has 6 heteroatoms. The fourth-order valence-corrected chi connectivity index (χ4v) is 3.56. The standard InChI is InChI=1S/C21H30N2O4/c1-3-19(24)23-18(21(26)27)13-15-9-11-17(12-10-15)22-20(25)14(2)16-7-5-4-6-8-16/h9-12,14,16,18H,3-8,13H2,1-2H3,(H,22,25)(H,23,24)(H,26,27)/t14-,18+/m0/s1. The first kappa shape index (κ1) is 20.9. The highest BCUT2D eigenvalue weighted by Gasteiger charge is 2.25. The molecule has 6 nitrogen and oxygen atoms in total. The molecular formula is C21H30N2O4. The van der Waals surface area contributed by atoms with Gasteiger partial charge in [0, 0.05) is 24.4 Å². The lowest BCUT2D eigenvalue weighted by atomic mass is 9.80. The van der Waals surface area contributed by atoms with Gasteiger partial charge in [0.25, 0.3) is 0 Å². The number of hydrogen-bond donors (Lipinski definition) is 3. The highest BCUT2D eigenvalue weighted by atomic mass is 16.4. The van der Waals surface area contributed by atoms with Crippen LogP contribution in [0.15, 0.2) is 24.3 Å². The number of carbonyl (C=O) groups is 3. The SMILES string of the molecule is CCC(=O)N[C@H](Cc1ccc(NC(=O)[C@@H](C)C2CCCCC2)cc1)C(=O)O. The first-order chi connectivity index (χ1) is 12.9. The van der Waals surface area contributed by atoms with Gasteiger partial charge in [0.2, 0.25) is 11.8 Å². The van der Waals surface area contributed by atoms with Crippen LogP contribution in [0.2, 0.25) is 0 Å². The summed E-state index contributed by atoms with van der Waals surface area (Å²) in [5.41, 5.74) is 1.49. The maximum atomic E-state index is 12.5. The van der Waals surface area contributed by atoms with Crippen molar-refractivity contribution in [2.75, 3.05) is 5.32 Å². The molecule has 0 spiro atoms. The molecule has 3 N–H and O–H groups in total. The molecule has 148 valence electrons. The molecule has 0 aliphatic heterocycles. The molecule has 27 heavy (non-hydrogen) atoms. The lowest BCUT2D eigenvalue weighted by molar-refractivity contribution is -0.141. The normalized spacial score (nSPS) is 17.0. The fourth-order valence-electron chi connectivity index (χ4n) is 3.56. The van der Waals surface area contributed by atoms with Gasteiger partial charge in [-0.1, -0.05) is 45.2 Å². The molecule has 1 aromatic carbocycles. The van der Waals surface area contributed by atoms with E-state index >= 15 is 0 Å². The predicted octanol–water partition coefficient (Wildman–Crippen LogP) is 3.36. The van der Waals surface area contributed by atoms with Crippen molar-refractivity contribution < 1.29 is 19.5 Å². The van der Waals surface area contributed by atoms with E-state index in [1.165, 1.54) is 19.3 Å². The Morgan fingerprint density at radius 3 is 2.30 bits per heavy atom. The zero-order valence-corrected chi connectivity index (χ0v) is 16.2. The Balaban J connectivity index is 1.92. The van der Waals surface area contributed by atoms with E-state index in [1.807, 2.05) is 6.92 Å². The summed E-state index contributed by atoms with van der Waals surface area (Å²) in [6.45, 7) is 3.67. The van der Waals surface area contributed by atoms with Crippen molar-refractivity contribution in [2.24, 2.45) is 11.8 Å². The number of carbonyl (C=O) groups excluding carboxylic acids is 2. The van der Waals surface area contributed by atoms with Gasteiger partial charge in [-0.05, 0) is 36.5 Å². The summed E-state index contributed by atoms with van der Waals surface area (Å²) in [4.78, 5) is 35.3. The van der Waals surface area contributed by atoms with Gasteiger partial charge < -0.3 is 15.7 Å². The van der Waals surface area contributed by atoms with Crippen LogP contribution in [0.5, 0.6) is 0 Å². The highest BCUT2D eigenvalue weighted by Crippen LogP contribution is 2.30. The average Bonchev–Trinajstić information content (AvgIpc) is 2.68. The van der Waals surface area contributed by atoms with Crippen LogP contribution in [0.1, 0.15) is 57.9 Å². The van der Waals surface area contributed by atoms with Crippen LogP contribution in [-0.4, -0.2) is 28.9 Å². The second kappa shape index (κ2) is 10.1. The molecule has 2 atom stereocenters. The zero-order chi connectivity index (χ0) is 19.8. The fraction of sp³-hybridized carbons (Fsp3) is 0.571. The second-order valence-electron chi connectivity index (χ2n) is 7.39. The smallest absolute Gasteiger partial charge is 0.326 e. The Labute approximate surface area is 160 Å². The minimum Gasteiger partial charge on any atom is -0.480 e. The van der Waals surface area contributed by atoms with Crippen LogP contribution < -0.4 is 10.6 Å². The van der Waals surface area contributed by atoms with Crippen molar-refractivity contribution in [1.82, 2.24) is 5.32 Å². The lowest BCUT2D eigenvalue weighted by Crippen LogP contribution is -2.42. The van der Waals surface area contributed by atoms with Crippen LogP contribution in [0, 0.1) is 11.8 Å². The van der Waals surface area contributed by atoms with Crippen molar-refractivity contribution >= 4 is 23.5 Å². The van der Waals surface area contributed by atoms with Crippen molar-refractivity contribution in [3.05, 3.63) is 29.8 Å². The second-order valence-corrected chi connectivity index (χ2v) is 7.39. The van der Waals surface area contributed by atoms with Crippen LogP contribution in [-0.2, 0) is 20.8 Å². The minimum absolute atomic E-state index is 0.00868. The Bertz CT molecular complexity index is 651. The Morgan fingerprint density at radius 1 is 1.11 bits per heavy atom. The molecule has 1 aliphatic rings. The van der Waals surface area contributed by atoms with Crippen molar-refractivity contribution in [3.8, 4) is 0 Å². The van der Waals surface area contributed by atoms with Crippen LogP contribution in [0.4, 0.5) is 5.69 Å². The number of aliphatic carboxylic acids is 1. The first-order valence-electron chi connectivity index (χ1n) is 9.82. The molecule has 2 rings (SSSR count). The molecule has 0 aromatic heterocycles.